The second-order valence-electron chi connectivity index (χ2n) is 4.87. The zero-order valence-electron chi connectivity index (χ0n) is 12.4. The molecule has 3 rings (SSSR count). The van der Waals surface area contributed by atoms with Gasteiger partial charge in [0.1, 0.15) is 11.6 Å². The van der Waals surface area contributed by atoms with Crippen LogP contribution in [0.1, 0.15) is 5.56 Å². The molecule has 0 aliphatic carbocycles. The summed E-state index contributed by atoms with van der Waals surface area (Å²) in [6.07, 6.45) is 0. The average Bonchev–Trinajstić information content (AvgIpc) is 2.61. The smallest absolute Gasteiger partial charge is 0.148 e. The van der Waals surface area contributed by atoms with E-state index in [1.165, 1.54) is 0 Å². The summed E-state index contributed by atoms with van der Waals surface area (Å²) >= 11 is 0. The van der Waals surface area contributed by atoms with E-state index in [0.29, 0.717) is 6.54 Å². The molecule has 0 saturated heterocycles. The zero-order chi connectivity index (χ0) is 15.2. The fourth-order valence-electron chi connectivity index (χ4n) is 2.13. The Labute approximate surface area is 129 Å². The lowest BCUT2D eigenvalue weighted by Gasteiger charge is -2.07. The summed E-state index contributed by atoms with van der Waals surface area (Å²) in [5.41, 5.74) is 3.10. The Morgan fingerprint density at radius 3 is 2.27 bits per heavy atom. The largest absolute Gasteiger partial charge is 0.497 e. The van der Waals surface area contributed by atoms with Gasteiger partial charge in [0.25, 0.3) is 0 Å². The maximum absolute atomic E-state index is 5.14. The van der Waals surface area contributed by atoms with E-state index >= 15 is 0 Å². The van der Waals surface area contributed by atoms with Gasteiger partial charge in [0.2, 0.25) is 0 Å². The number of ether oxygens (including phenoxy) is 1. The van der Waals surface area contributed by atoms with Crippen molar-refractivity contribution in [1.82, 2.24) is 10.2 Å². The summed E-state index contributed by atoms with van der Waals surface area (Å²) in [6.45, 7) is 0.698. The van der Waals surface area contributed by atoms with Crippen LogP contribution in [0, 0.1) is 0 Å². The predicted octanol–water partition coefficient (Wildman–Crippen LogP) is 3.76. The molecule has 1 aromatic heterocycles. The van der Waals surface area contributed by atoms with Crippen molar-refractivity contribution in [1.29, 1.82) is 0 Å². The molecule has 0 radical (unpaired) electrons. The van der Waals surface area contributed by atoms with Gasteiger partial charge in [-0.1, -0.05) is 42.5 Å². The first-order valence-electron chi connectivity index (χ1n) is 7.11. The molecule has 0 aliphatic heterocycles. The molecule has 22 heavy (non-hydrogen) atoms. The van der Waals surface area contributed by atoms with Gasteiger partial charge in [-0.05, 0) is 29.8 Å². The number of methoxy groups -OCH3 is 1. The molecule has 110 valence electrons. The standard InChI is InChI=1S/C18H17N3O/c1-22-16-9-7-14(8-10-16)13-19-18-12-11-17(20-21-18)15-5-3-2-4-6-15/h2-12H,13H2,1H3,(H,19,21). The molecule has 1 heterocycles. The highest BCUT2D eigenvalue weighted by Gasteiger charge is 2.01. The summed E-state index contributed by atoms with van der Waals surface area (Å²) in [5.74, 6) is 1.62. The summed E-state index contributed by atoms with van der Waals surface area (Å²) in [4.78, 5) is 0. The molecule has 0 atom stereocenters. The van der Waals surface area contributed by atoms with E-state index < -0.39 is 0 Å². The maximum atomic E-state index is 5.14. The van der Waals surface area contributed by atoms with Crippen LogP contribution in [0.3, 0.4) is 0 Å². The van der Waals surface area contributed by atoms with E-state index in [9.17, 15) is 0 Å². The molecule has 0 fully saturated rings. The lowest BCUT2D eigenvalue weighted by atomic mass is 10.1. The number of nitrogens with one attached hydrogen (secondary N) is 1. The minimum atomic E-state index is 0.698. The van der Waals surface area contributed by atoms with Gasteiger partial charge in [0, 0.05) is 12.1 Å². The Kier molecular flexibility index (Phi) is 4.30. The molecule has 4 nitrogen and oxygen atoms in total. The molecule has 0 amide bonds. The summed E-state index contributed by atoms with van der Waals surface area (Å²) in [6, 6.07) is 21.9. The Hall–Kier alpha value is -2.88. The van der Waals surface area contributed by atoms with Crippen LogP contribution in [0.5, 0.6) is 5.75 Å². The van der Waals surface area contributed by atoms with Crippen LogP contribution >= 0.6 is 0 Å². The van der Waals surface area contributed by atoms with Crippen molar-refractivity contribution in [3.05, 3.63) is 72.3 Å². The van der Waals surface area contributed by atoms with Gasteiger partial charge in [0.15, 0.2) is 0 Å². The van der Waals surface area contributed by atoms with E-state index in [0.717, 1.165) is 28.4 Å². The molecule has 0 aliphatic rings. The fraction of sp³-hybridized carbons (Fsp3) is 0.111. The van der Waals surface area contributed by atoms with Crippen molar-refractivity contribution in [3.63, 3.8) is 0 Å². The van der Waals surface area contributed by atoms with Gasteiger partial charge in [0.05, 0.1) is 12.8 Å². The Morgan fingerprint density at radius 2 is 1.64 bits per heavy atom. The number of benzene rings is 2. The Bertz CT molecular complexity index is 710. The van der Waals surface area contributed by atoms with Crippen LogP contribution in [-0.4, -0.2) is 17.3 Å². The molecule has 0 unspecified atom stereocenters. The summed E-state index contributed by atoms with van der Waals surface area (Å²) in [5, 5.41) is 11.7. The summed E-state index contributed by atoms with van der Waals surface area (Å²) in [7, 11) is 1.66. The molecule has 0 spiro atoms. The van der Waals surface area contributed by atoms with Crippen molar-refractivity contribution in [3.8, 4) is 17.0 Å². The third kappa shape index (κ3) is 3.41. The van der Waals surface area contributed by atoms with Crippen molar-refractivity contribution in [2.45, 2.75) is 6.54 Å². The van der Waals surface area contributed by atoms with Crippen LogP contribution in [0.4, 0.5) is 5.82 Å². The zero-order valence-corrected chi connectivity index (χ0v) is 12.4. The molecule has 1 N–H and O–H groups in total. The minimum Gasteiger partial charge on any atom is -0.497 e. The molecule has 0 saturated carbocycles. The van der Waals surface area contributed by atoms with Crippen molar-refractivity contribution >= 4 is 5.82 Å². The van der Waals surface area contributed by atoms with E-state index in [4.69, 9.17) is 4.74 Å². The number of aromatic nitrogens is 2. The number of hydrogen-bond donors (Lipinski definition) is 1. The quantitative estimate of drug-likeness (QED) is 0.777. The van der Waals surface area contributed by atoms with E-state index in [1.807, 2.05) is 66.7 Å². The molecule has 4 heteroatoms. The topological polar surface area (TPSA) is 47.0 Å². The van der Waals surface area contributed by atoms with Gasteiger partial charge in [-0.25, -0.2) is 0 Å². The first kappa shape index (κ1) is 14.1. The van der Waals surface area contributed by atoms with Gasteiger partial charge in [-0.2, -0.15) is 0 Å². The van der Waals surface area contributed by atoms with E-state index in [1.54, 1.807) is 7.11 Å². The number of anilines is 1. The highest BCUT2D eigenvalue weighted by Crippen LogP contribution is 2.17. The van der Waals surface area contributed by atoms with Gasteiger partial charge < -0.3 is 10.1 Å². The second-order valence-corrected chi connectivity index (χ2v) is 4.87. The third-order valence-corrected chi connectivity index (χ3v) is 3.37. The highest BCUT2D eigenvalue weighted by molar-refractivity contribution is 5.59. The third-order valence-electron chi connectivity index (χ3n) is 3.37. The minimum absolute atomic E-state index is 0.698. The molecule has 0 bridgehead atoms. The van der Waals surface area contributed by atoms with Crippen LogP contribution in [0.15, 0.2) is 66.7 Å². The van der Waals surface area contributed by atoms with Gasteiger partial charge in [-0.3, -0.25) is 0 Å². The van der Waals surface area contributed by atoms with Crippen molar-refractivity contribution in [2.75, 3.05) is 12.4 Å². The average molecular weight is 291 g/mol. The maximum Gasteiger partial charge on any atom is 0.148 e. The Morgan fingerprint density at radius 1 is 0.864 bits per heavy atom. The first-order valence-corrected chi connectivity index (χ1v) is 7.11. The van der Waals surface area contributed by atoms with Gasteiger partial charge in [-0.15, -0.1) is 10.2 Å². The number of hydrogen-bond acceptors (Lipinski definition) is 4. The normalized spacial score (nSPS) is 10.2. The van der Waals surface area contributed by atoms with Crippen LogP contribution < -0.4 is 10.1 Å². The SMILES string of the molecule is COc1ccc(CNc2ccc(-c3ccccc3)nn2)cc1. The molecular formula is C18H17N3O. The predicted molar refractivity (Wildman–Crippen MR) is 87.8 cm³/mol. The monoisotopic (exact) mass is 291 g/mol. The van der Waals surface area contributed by atoms with Crippen LogP contribution in [0.25, 0.3) is 11.3 Å². The van der Waals surface area contributed by atoms with Crippen LogP contribution in [-0.2, 0) is 6.54 Å². The lowest BCUT2D eigenvalue weighted by molar-refractivity contribution is 0.414. The second kappa shape index (κ2) is 6.72. The molecule has 2 aromatic carbocycles. The lowest BCUT2D eigenvalue weighted by Crippen LogP contribution is -2.02. The molecule has 3 aromatic rings. The fourth-order valence-corrected chi connectivity index (χ4v) is 2.13. The van der Waals surface area contributed by atoms with E-state index in [-0.39, 0.29) is 0 Å². The first-order chi connectivity index (χ1) is 10.8. The number of nitrogens with zero attached hydrogens (tertiary/aromatic N) is 2. The van der Waals surface area contributed by atoms with Crippen LogP contribution in [0.2, 0.25) is 0 Å². The number of rotatable bonds is 5. The van der Waals surface area contributed by atoms with Crippen molar-refractivity contribution in [2.24, 2.45) is 0 Å². The molecular weight excluding hydrogens is 274 g/mol. The Balaban J connectivity index is 1.63. The summed E-state index contributed by atoms with van der Waals surface area (Å²) < 4.78 is 5.14. The highest BCUT2D eigenvalue weighted by atomic mass is 16.5. The van der Waals surface area contributed by atoms with Gasteiger partial charge >= 0.3 is 0 Å². The van der Waals surface area contributed by atoms with E-state index in [2.05, 4.69) is 15.5 Å². The van der Waals surface area contributed by atoms with Crippen molar-refractivity contribution < 1.29 is 4.74 Å².